The Labute approximate surface area is 275 Å². The first-order chi connectivity index (χ1) is 23.3. The summed E-state index contributed by atoms with van der Waals surface area (Å²) in [5, 5.41) is 32.4. The molecule has 2 N–H and O–H groups in total. The van der Waals surface area contributed by atoms with Gasteiger partial charge < -0.3 is 20.1 Å². The van der Waals surface area contributed by atoms with Gasteiger partial charge in [0.2, 0.25) is 11.4 Å². The van der Waals surface area contributed by atoms with Crippen molar-refractivity contribution in [1.82, 2.24) is 25.6 Å². The summed E-state index contributed by atoms with van der Waals surface area (Å²) in [6, 6.07) is 18.4. The number of hydrogen-bond donors (Lipinski definition) is 2. The molecular formula is C34H35N7O7. The van der Waals surface area contributed by atoms with E-state index in [4.69, 9.17) is 9.37 Å². The van der Waals surface area contributed by atoms with Gasteiger partial charge in [0, 0.05) is 31.3 Å². The zero-order valence-corrected chi connectivity index (χ0v) is 26.3. The van der Waals surface area contributed by atoms with E-state index in [-0.39, 0.29) is 35.7 Å². The van der Waals surface area contributed by atoms with E-state index < -0.39 is 16.9 Å². The van der Waals surface area contributed by atoms with E-state index in [1.165, 1.54) is 13.2 Å². The van der Waals surface area contributed by atoms with E-state index in [1.807, 2.05) is 41.3 Å². The monoisotopic (exact) mass is 653 g/mol. The van der Waals surface area contributed by atoms with E-state index in [0.29, 0.717) is 55.5 Å². The highest BCUT2D eigenvalue weighted by Gasteiger charge is 2.24. The Morgan fingerprint density at radius 2 is 1.67 bits per heavy atom. The van der Waals surface area contributed by atoms with Crippen molar-refractivity contribution < 1.29 is 29.0 Å². The zero-order chi connectivity index (χ0) is 33.9. The number of non-ortho nitro benzene ring substituents is 1. The summed E-state index contributed by atoms with van der Waals surface area (Å²) in [7, 11) is 1.27. The third kappa shape index (κ3) is 8.66. The number of nitro groups is 1. The Hall–Kier alpha value is -5.92. The summed E-state index contributed by atoms with van der Waals surface area (Å²) < 4.78 is 9.72. The third-order valence-electron chi connectivity index (χ3n) is 7.82. The fraction of sp³-hybridized carbons (Fsp3) is 0.294. The van der Waals surface area contributed by atoms with Crippen LogP contribution in [0.3, 0.4) is 0 Å². The quantitative estimate of drug-likeness (QED) is 0.0640. The number of nitrogens with one attached hydrogen (secondary N) is 1. The summed E-state index contributed by atoms with van der Waals surface area (Å²) in [4.78, 5) is 47.2. The standard InChI is InChI=1S/C34H35N7O7/c1-47-34(44)27(37-31(43)12-4-2-3-9-24-14-15-28(41(45)46)33-32(24)38-48-39-33)19-23-13-16-30(42)29(20-23)40(21-25-10-5-7-17-35-25)22-26-11-6-8-18-36-26/h5-8,10-11,13-18,20,27,42H,2-4,9,12,19,21-22H2,1H3,(H,37,43)/t27-/m0/s1. The van der Waals surface area contributed by atoms with Gasteiger partial charge in [-0.1, -0.05) is 24.6 Å². The lowest BCUT2D eigenvalue weighted by molar-refractivity contribution is -0.383. The van der Waals surface area contributed by atoms with Crippen molar-refractivity contribution in [2.75, 3.05) is 12.0 Å². The minimum atomic E-state index is -0.937. The van der Waals surface area contributed by atoms with Gasteiger partial charge in [-0.25, -0.2) is 9.42 Å². The summed E-state index contributed by atoms with van der Waals surface area (Å²) in [6.07, 6.45) is 6.30. The van der Waals surface area contributed by atoms with Gasteiger partial charge in [0.25, 0.3) is 0 Å². The highest BCUT2D eigenvalue weighted by Crippen LogP contribution is 2.31. The Balaban J connectivity index is 1.20. The number of nitrogens with zero attached hydrogens (tertiary/aromatic N) is 6. The molecule has 5 aromatic rings. The largest absolute Gasteiger partial charge is 0.506 e. The number of anilines is 1. The van der Waals surface area contributed by atoms with E-state index in [0.717, 1.165) is 17.0 Å². The van der Waals surface area contributed by atoms with Gasteiger partial charge in [-0.2, -0.15) is 0 Å². The van der Waals surface area contributed by atoms with Gasteiger partial charge >= 0.3 is 11.7 Å². The number of pyridine rings is 2. The summed E-state index contributed by atoms with van der Waals surface area (Å²) >= 11 is 0. The number of hydrogen-bond acceptors (Lipinski definition) is 12. The second kappa shape index (κ2) is 16.1. The van der Waals surface area contributed by atoms with Gasteiger partial charge in [0.05, 0.1) is 42.2 Å². The summed E-state index contributed by atoms with van der Waals surface area (Å²) in [5.74, 6) is -0.825. The van der Waals surface area contributed by atoms with Gasteiger partial charge in [-0.05, 0) is 83.2 Å². The first kappa shape index (κ1) is 33.4. The maximum absolute atomic E-state index is 12.9. The molecule has 0 fully saturated rings. The predicted molar refractivity (Wildman–Crippen MR) is 175 cm³/mol. The number of benzene rings is 2. The molecule has 2 aromatic carbocycles. The minimum Gasteiger partial charge on any atom is -0.506 e. The molecule has 1 amide bonds. The molecular weight excluding hydrogens is 618 g/mol. The van der Waals surface area contributed by atoms with Crippen molar-refractivity contribution in [1.29, 1.82) is 0 Å². The number of carbonyl (C=O) groups excluding carboxylic acids is 2. The Morgan fingerprint density at radius 3 is 2.31 bits per heavy atom. The fourth-order valence-electron chi connectivity index (χ4n) is 5.42. The molecule has 1 atom stereocenters. The van der Waals surface area contributed by atoms with E-state index in [9.17, 15) is 24.8 Å². The number of rotatable bonds is 16. The molecule has 3 aromatic heterocycles. The van der Waals surface area contributed by atoms with Crippen LogP contribution in [0.1, 0.15) is 48.2 Å². The summed E-state index contributed by atoms with van der Waals surface area (Å²) in [5.41, 5.74) is 3.93. The first-order valence-electron chi connectivity index (χ1n) is 15.4. The maximum Gasteiger partial charge on any atom is 0.328 e. The number of methoxy groups -OCH3 is 1. The van der Waals surface area contributed by atoms with Crippen LogP contribution in [0.2, 0.25) is 0 Å². The first-order valence-corrected chi connectivity index (χ1v) is 15.4. The van der Waals surface area contributed by atoms with E-state index in [2.05, 4.69) is 25.6 Å². The smallest absolute Gasteiger partial charge is 0.328 e. The number of unbranched alkanes of at least 4 members (excludes halogenated alkanes) is 2. The molecule has 0 aliphatic carbocycles. The van der Waals surface area contributed by atoms with Crippen LogP contribution < -0.4 is 10.2 Å². The average Bonchev–Trinajstić information content (AvgIpc) is 3.59. The topological polar surface area (TPSA) is 187 Å². The third-order valence-corrected chi connectivity index (χ3v) is 7.82. The number of amides is 1. The number of aromatic nitrogens is 4. The average molecular weight is 654 g/mol. The van der Waals surface area contributed by atoms with E-state index >= 15 is 0 Å². The molecule has 48 heavy (non-hydrogen) atoms. The van der Waals surface area contributed by atoms with Crippen LogP contribution in [-0.4, -0.2) is 55.3 Å². The highest BCUT2D eigenvalue weighted by molar-refractivity contribution is 5.86. The van der Waals surface area contributed by atoms with Crippen molar-refractivity contribution in [2.24, 2.45) is 0 Å². The van der Waals surface area contributed by atoms with Crippen molar-refractivity contribution in [3.63, 3.8) is 0 Å². The molecule has 0 saturated heterocycles. The van der Waals surface area contributed by atoms with Gasteiger partial charge in [-0.3, -0.25) is 24.9 Å². The van der Waals surface area contributed by atoms with Gasteiger partial charge in [-0.15, -0.1) is 0 Å². The number of ether oxygens (including phenoxy) is 1. The van der Waals surface area contributed by atoms with Crippen molar-refractivity contribution in [3.8, 4) is 5.75 Å². The normalized spacial score (nSPS) is 11.6. The zero-order valence-electron chi connectivity index (χ0n) is 26.3. The Morgan fingerprint density at radius 1 is 0.958 bits per heavy atom. The van der Waals surface area contributed by atoms with Crippen LogP contribution in [0.4, 0.5) is 11.4 Å². The van der Waals surface area contributed by atoms with Gasteiger partial charge in [0.1, 0.15) is 17.3 Å². The SMILES string of the molecule is COC(=O)[C@H](Cc1ccc(O)c(N(Cc2ccccn2)Cc2ccccn2)c1)NC(=O)CCCCCc1ccc([N+](=O)[O-])c2nonc12. The van der Waals surface area contributed by atoms with E-state index in [1.54, 1.807) is 36.7 Å². The Bertz CT molecular complexity index is 1810. The number of fused-ring (bicyclic) bond motifs is 1. The molecule has 0 aliphatic heterocycles. The van der Waals surface area contributed by atoms with Crippen LogP contribution in [-0.2, 0) is 40.3 Å². The number of phenols is 1. The van der Waals surface area contributed by atoms with Crippen molar-refractivity contribution >= 4 is 34.3 Å². The van der Waals surface area contributed by atoms with Crippen LogP contribution in [0.5, 0.6) is 5.75 Å². The number of nitro benzene ring substituents is 1. The second-order valence-corrected chi connectivity index (χ2v) is 11.2. The molecule has 0 spiro atoms. The number of aromatic hydroxyl groups is 1. The number of esters is 1. The van der Waals surface area contributed by atoms with Gasteiger partial charge in [0.15, 0.2) is 0 Å². The van der Waals surface area contributed by atoms with Crippen LogP contribution in [0.15, 0.2) is 83.8 Å². The fourth-order valence-corrected chi connectivity index (χ4v) is 5.42. The Kier molecular flexibility index (Phi) is 11.2. The molecule has 14 heteroatoms. The van der Waals surface area contributed by atoms with Crippen molar-refractivity contribution in [3.05, 3.63) is 112 Å². The molecule has 0 bridgehead atoms. The lowest BCUT2D eigenvalue weighted by Gasteiger charge is -2.26. The number of carbonyl (C=O) groups is 2. The second-order valence-electron chi connectivity index (χ2n) is 11.2. The molecule has 3 heterocycles. The number of aryl methyl sites for hydroxylation is 1. The number of phenolic OH excluding ortho intramolecular Hbond substituents is 1. The van der Waals surface area contributed by atoms with Crippen molar-refractivity contribution in [2.45, 2.75) is 57.7 Å². The molecule has 0 aliphatic rings. The molecule has 5 rings (SSSR count). The molecule has 248 valence electrons. The van der Waals surface area contributed by atoms with Crippen LogP contribution >= 0.6 is 0 Å². The molecule has 14 nitrogen and oxygen atoms in total. The molecule has 0 radical (unpaired) electrons. The summed E-state index contributed by atoms with van der Waals surface area (Å²) in [6.45, 7) is 0.798. The molecule has 0 saturated carbocycles. The lowest BCUT2D eigenvalue weighted by Crippen LogP contribution is -2.43. The minimum absolute atomic E-state index is 0.0542. The van der Waals surface area contributed by atoms with Crippen LogP contribution in [0.25, 0.3) is 11.0 Å². The molecule has 0 unspecified atom stereocenters. The van der Waals surface area contributed by atoms with Crippen LogP contribution in [0, 0.1) is 10.1 Å². The lowest BCUT2D eigenvalue weighted by atomic mass is 10.0. The highest BCUT2D eigenvalue weighted by atomic mass is 16.6. The predicted octanol–water partition coefficient (Wildman–Crippen LogP) is 4.84. The maximum atomic E-state index is 12.9.